The zero-order valence-corrected chi connectivity index (χ0v) is 24.2. The molecule has 0 unspecified atom stereocenters. The molecule has 2 aliphatic heterocycles. The molecule has 40 heavy (non-hydrogen) atoms. The highest BCUT2D eigenvalue weighted by Crippen LogP contribution is 2.55. The van der Waals surface area contributed by atoms with Crippen molar-refractivity contribution < 1.29 is 41.6 Å². The molecule has 3 aromatic rings. The standard InChI is InChI=1S/C28H26BrNO9S/c1-34-22-8-14(9-23(35-2)27(22)36-3)24-17-10-20-21(39-13-38-20)11-18(17)26(19-12-37-28(31)25(19)24)30-40(32,33)16-6-4-15(29)5-7-16/h4-11,19,24-26,30H,12-13H2,1-3H3/t19-,24+,25-,26+/m0/s1. The Morgan fingerprint density at radius 2 is 1.50 bits per heavy atom. The first-order chi connectivity index (χ1) is 19.2. The quantitative estimate of drug-likeness (QED) is 0.383. The predicted octanol–water partition coefficient (Wildman–Crippen LogP) is 4.16. The van der Waals surface area contributed by atoms with E-state index in [1.807, 2.05) is 6.07 Å². The highest BCUT2D eigenvalue weighted by Gasteiger charge is 2.53. The maximum Gasteiger partial charge on any atom is 0.310 e. The van der Waals surface area contributed by atoms with E-state index in [0.717, 1.165) is 10.0 Å². The number of carbonyl (C=O) groups excluding carboxylic acids is 1. The smallest absolute Gasteiger partial charge is 0.310 e. The number of sulfonamides is 1. The molecule has 1 N–H and O–H groups in total. The molecule has 6 rings (SSSR count). The van der Waals surface area contributed by atoms with E-state index in [1.54, 1.807) is 30.3 Å². The molecule has 0 saturated carbocycles. The van der Waals surface area contributed by atoms with Gasteiger partial charge in [0.15, 0.2) is 23.0 Å². The SMILES string of the molecule is COc1cc([C@@H]2c3cc4c(cc3[C@@H](NS(=O)(=O)c3ccc(Br)cc3)[C@H]3COC(=O)[C@H]23)OCO4)cc(OC)c1OC. The number of hydrogen-bond donors (Lipinski definition) is 1. The number of hydrogen-bond acceptors (Lipinski definition) is 9. The van der Waals surface area contributed by atoms with Crippen LogP contribution in [0.3, 0.4) is 0 Å². The first-order valence-corrected chi connectivity index (χ1v) is 14.7. The topological polar surface area (TPSA) is 119 Å². The van der Waals surface area contributed by atoms with Crippen LogP contribution >= 0.6 is 15.9 Å². The van der Waals surface area contributed by atoms with E-state index >= 15 is 0 Å². The van der Waals surface area contributed by atoms with Gasteiger partial charge in [-0.05, 0) is 65.2 Å². The van der Waals surface area contributed by atoms with Crippen molar-refractivity contribution in [1.29, 1.82) is 0 Å². The van der Waals surface area contributed by atoms with Gasteiger partial charge in [-0.15, -0.1) is 0 Å². The molecule has 10 nitrogen and oxygen atoms in total. The fourth-order valence-electron chi connectivity index (χ4n) is 5.84. The van der Waals surface area contributed by atoms with Crippen molar-refractivity contribution in [2.45, 2.75) is 16.9 Å². The van der Waals surface area contributed by atoms with Crippen molar-refractivity contribution in [2.24, 2.45) is 11.8 Å². The van der Waals surface area contributed by atoms with Gasteiger partial charge < -0.3 is 28.4 Å². The Hall–Kier alpha value is -3.48. The van der Waals surface area contributed by atoms with Crippen LogP contribution in [0.25, 0.3) is 0 Å². The summed E-state index contributed by atoms with van der Waals surface area (Å²) in [6, 6.07) is 12.8. The Labute approximate surface area is 239 Å². The van der Waals surface area contributed by atoms with E-state index in [0.29, 0.717) is 39.9 Å². The van der Waals surface area contributed by atoms with Gasteiger partial charge >= 0.3 is 5.97 Å². The Kier molecular flexibility index (Phi) is 6.79. The fraction of sp³-hybridized carbons (Fsp3) is 0.321. The molecule has 3 aromatic carbocycles. The number of halogens is 1. The molecule has 2 heterocycles. The van der Waals surface area contributed by atoms with Crippen LogP contribution in [0, 0.1) is 11.8 Å². The van der Waals surface area contributed by atoms with Crippen LogP contribution in [0.5, 0.6) is 28.7 Å². The lowest BCUT2D eigenvalue weighted by Gasteiger charge is -2.39. The lowest BCUT2D eigenvalue weighted by atomic mass is 9.65. The number of cyclic esters (lactones) is 1. The zero-order chi connectivity index (χ0) is 28.2. The zero-order valence-electron chi connectivity index (χ0n) is 21.8. The third kappa shape index (κ3) is 4.34. The van der Waals surface area contributed by atoms with E-state index in [-0.39, 0.29) is 18.3 Å². The minimum Gasteiger partial charge on any atom is -0.493 e. The Morgan fingerprint density at radius 3 is 2.10 bits per heavy atom. The highest BCUT2D eigenvalue weighted by molar-refractivity contribution is 9.10. The van der Waals surface area contributed by atoms with E-state index in [4.69, 9.17) is 28.4 Å². The molecule has 0 amide bonds. The van der Waals surface area contributed by atoms with Gasteiger partial charge in [-0.1, -0.05) is 15.9 Å². The molecule has 1 fully saturated rings. The molecule has 0 spiro atoms. The summed E-state index contributed by atoms with van der Waals surface area (Å²) in [6.07, 6.45) is 0. The van der Waals surface area contributed by atoms with Crippen molar-refractivity contribution >= 4 is 31.9 Å². The second kappa shape index (κ2) is 10.2. The first-order valence-electron chi connectivity index (χ1n) is 12.4. The van der Waals surface area contributed by atoms with E-state index in [1.165, 1.54) is 33.5 Å². The van der Waals surface area contributed by atoms with Crippen molar-refractivity contribution in [1.82, 2.24) is 4.72 Å². The summed E-state index contributed by atoms with van der Waals surface area (Å²) in [7, 11) is 0.591. The van der Waals surface area contributed by atoms with Crippen molar-refractivity contribution in [2.75, 3.05) is 34.7 Å². The van der Waals surface area contributed by atoms with Crippen LogP contribution in [0.15, 0.2) is 57.9 Å². The van der Waals surface area contributed by atoms with E-state index in [2.05, 4.69) is 20.7 Å². The molecule has 3 aliphatic rings. The maximum atomic E-state index is 13.6. The monoisotopic (exact) mass is 631 g/mol. The van der Waals surface area contributed by atoms with Crippen molar-refractivity contribution in [3.63, 3.8) is 0 Å². The third-order valence-electron chi connectivity index (χ3n) is 7.64. The first kappa shape index (κ1) is 26.7. The number of nitrogens with one attached hydrogen (secondary N) is 1. The van der Waals surface area contributed by atoms with Gasteiger partial charge in [0.1, 0.15) is 0 Å². The summed E-state index contributed by atoms with van der Waals surface area (Å²) < 4.78 is 64.3. The van der Waals surface area contributed by atoms with Crippen molar-refractivity contribution in [3.8, 4) is 28.7 Å². The minimum absolute atomic E-state index is 0.0389. The number of esters is 1. The van der Waals surface area contributed by atoms with Gasteiger partial charge in [0.2, 0.25) is 22.6 Å². The fourth-order valence-corrected chi connectivity index (χ4v) is 7.37. The second-order valence-electron chi connectivity index (χ2n) is 9.64. The third-order valence-corrected chi connectivity index (χ3v) is 9.62. The Balaban J connectivity index is 1.54. The largest absolute Gasteiger partial charge is 0.493 e. The van der Waals surface area contributed by atoms with E-state index in [9.17, 15) is 13.2 Å². The summed E-state index contributed by atoms with van der Waals surface area (Å²) in [6.45, 7) is 0.0864. The summed E-state index contributed by atoms with van der Waals surface area (Å²) in [5.41, 5.74) is 2.10. The molecule has 0 radical (unpaired) electrons. The van der Waals surface area contributed by atoms with Gasteiger partial charge in [-0.2, -0.15) is 0 Å². The van der Waals surface area contributed by atoms with Crippen LogP contribution in [0.4, 0.5) is 0 Å². The Morgan fingerprint density at radius 1 is 0.875 bits per heavy atom. The number of benzene rings is 3. The maximum absolute atomic E-state index is 13.6. The average molecular weight is 632 g/mol. The van der Waals surface area contributed by atoms with Gasteiger partial charge in [-0.25, -0.2) is 13.1 Å². The van der Waals surface area contributed by atoms with Gasteiger partial charge in [-0.3, -0.25) is 4.79 Å². The summed E-state index contributed by atoms with van der Waals surface area (Å²) >= 11 is 3.34. The normalized spacial score (nSPS) is 22.8. The Bertz CT molecular complexity index is 1570. The van der Waals surface area contributed by atoms with Crippen molar-refractivity contribution in [3.05, 3.63) is 69.7 Å². The summed E-state index contributed by atoms with van der Waals surface area (Å²) in [5.74, 6) is 0.144. The van der Waals surface area contributed by atoms with Gasteiger partial charge in [0, 0.05) is 16.3 Å². The molecule has 0 bridgehead atoms. The second-order valence-corrected chi connectivity index (χ2v) is 12.3. The molecule has 0 aromatic heterocycles. The van der Waals surface area contributed by atoms with Gasteiger partial charge in [0.05, 0.1) is 44.8 Å². The molecule has 210 valence electrons. The van der Waals surface area contributed by atoms with Crippen LogP contribution in [0.2, 0.25) is 0 Å². The lowest BCUT2D eigenvalue weighted by molar-refractivity contribution is -0.141. The molecule has 1 aliphatic carbocycles. The predicted molar refractivity (Wildman–Crippen MR) is 146 cm³/mol. The molecule has 4 atom stereocenters. The lowest BCUT2D eigenvalue weighted by Crippen LogP contribution is -2.42. The summed E-state index contributed by atoms with van der Waals surface area (Å²) in [4.78, 5) is 13.4. The van der Waals surface area contributed by atoms with Crippen LogP contribution in [-0.2, 0) is 19.6 Å². The number of carbonyl (C=O) groups is 1. The molecular formula is C28H26BrNO9S. The van der Waals surface area contributed by atoms with Crippen LogP contribution in [0.1, 0.15) is 28.7 Å². The number of ether oxygens (including phenoxy) is 6. The van der Waals surface area contributed by atoms with Crippen LogP contribution in [-0.4, -0.2) is 49.1 Å². The van der Waals surface area contributed by atoms with Crippen LogP contribution < -0.4 is 28.4 Å². The average Bonchev–Trinajstić information content (AvgIpc) is 3.57. The number of methoxy groups -OCH3 is 3. The molecule has 12 heteroatoms. The van der Waals surface area contributed by atoms with E-state index < -0.39 is 39.8 Å². The highest BCUT2D eigenvalue weighted by atomic mass is 79.9. The van der Waals surface area contributed by atoms with Gasteiger partial charge in [0.25, 0.3) is 0 Å². The summed E-state index contributed by atoms with van der Waals surface area (Å²) in [5, 5.41) is 0. The number of fused-ring (bicyclic) bond motifs is 3. The minimum atomic E-state index is -3.97. The molecule has 1 saturated heterocycles. The number of rotatable bonds is 7. The molecular weight excluding hydrogens is 606 g/mol.